The van der Waals surface area contributed by atoms with Crippen LogP contribution >= 0.6 is 0 Å². The van der Waals surface area contributed by atoms with Crippen LogP contribution in [0.15, 0.2) is 0 Å². The number of amides is 1. The minimum Gasteiger partial charge on any atom is -0.340 e. The van der Waals surface area contributed by atoms with E-state index in [-0.39, 0.29) is 17.9 Å². The molecule has 1 aliphatic heterocycles. The monoisotopic (exact) mass is 360 g/mol. The molecular weight excluding hydrogens is 328 g/mol. The predicted octanol–water partition coefficient (Wildman–Crippen LogP) is 0.494. The maximum atomic E-state index is 12.7. The van der Waals surface area contributed by atoms with Gasteiger partial charge >= 0.3 is 0 Å². The molecule has 24 heavy (non-hydrogen) atoms. The fourth-order valence-corrected chi connectivity index (χ4v) is 4.36. The first-order chi connectivity index (χ1) is 11.2. The smallest absolute Gasteiger partial charge is 0.279 e. The van der Waals surface area contributed by atoms with Crippen molar-refractivity contribution in [3.63, 3.8) is 0 Å². The van der Waals surface area contributed by atoms with Gasteiger partial charge in [0.1, 0.15) is 0 Å². The molecule has 0 spiro atoms. The Hall–Kier alpha value is -0.700. The molecule has 1 aliphatic carbocycles. The summed E-state index contributed by atoms with van der Waals surface area (Å²) in [5.41, 5.74) is 0. The summed E-state index contributed by atoms with van der Waals surface area (Å²) in [7, 11) is -0.344. The van der Waals surface area contributed by atoms with E-state index in [1.807, 2.05) is 4.90 Å². The maximum Gasteiger partial charge on any atom is 0.279 e. The number of piperazine rings is 1. The zero-order valence-electron chi connectivity index (χ0n) is 15.4. The van der Waals surface area contributed by atoms with E-state index in [9.17, 15) is 13.2 Å². The second-order valence-electron chi connectivity index (χ2n) is 7.41. The Labute approximate surface area is 146 Å². The predicted molar refractivity (Wildman–Crippen MR) is 94.8 cm³/mol. The molecule has 0 aromatic carbocycles. The van der Waals surface area contributed by atoms with Crippen molar-refractivity contribution in [3.8, 4) is 0 Å². The molecule has 140 valence electrons. The van der Waals surface area contributed by atoms with E-state index in [0.717, 1.165) is 51.9 Å². The van der Waals surface area contributed by atoms with Crippen LogP contribution in [0.3, 0.4) is 0 Å². The van der Waals surface area contributed by atoms with Crippen LogP contribution in [0.2, 0.25) is 0 Å². The van der Waals surface area contributed by atoms with Crippen LogP contribution in [0.25, 0.3) is 0 Å². The normalized spacial score (nSPS) is 27.0. The van der Waals surface area contributed by atoms with Crippen molar-refractivity contribution in [2.75, 3.05) is 40.3 Å². The van der Waals surface area contributed by atoms with Crippen molar-refractivity contribution >= 4 is 16.1 Å². The largest absolute Gasteiger partial charge is 0.340 e. The van der Waals surface area contributed by atoms with Crippen molar-refractivity contribution in [2.24, 2.45) is 5.92 Å². The van der Waals surface area contributed by atoms with Crippen LogP contribution in [0.4, 0.5) is 0 Å². The zero-order valence-corrected chi connectivity index (χ0v) is 16.2. The number of hydrogen-bond acceptors (Lipinski definition) is 4. The summed E-state index contributed by atoms with van der Waals surface area (Å²) in [4.78, 5) is 17.1. The molecule has 1 N–H and O–H groups in total. The molecule has 1 heterocycles. The van der Waals surface area contributed by atoms with Gasteiger partial charge in [-0.05, 0) is 39.5 Å². The molecule has 8 heteroatoms. The molecule has 0 atom stereocenters. The summed E-state index contributed by atoms with van der Waals surface area (Å²) in [6, 6.07) is 0.474. The van der Waals surface area contributed by atoms with Crippen LogP contribution in [-0.4, -0.2) is 80.8 Å². The van der Waals surface area contributed by atoms with Crippen molar-refractivity contribution in [3.05, 3.63) is 0 Å². The maximum absolute atomic E-state index is 12.7. The second kappa shape index (κ2) is 8.12. The van der Waals surface area contributed by atoms with Gasteiger partial charge in [-0.1, -0.05) is 0 Å². The standard InChI is InChI=1S/C16H32N4O3S/c1-13(2)19-9-11-20(12-10-19)16(21)14-5-7-15(8-6-14)17-24(22,23)18(3)4/h13-15,17H,5-12H2,1-4H3. The lowest BCUT2D eigenvalue weighted by molar-refractivity contribution is -0.138. The van der Waals surface area contributed by atoms with Gasteiger partial charge in [-0.2, -0.15) is 17.4 Å². The molecule has 2 aliphatic rings. The van der Waals surface area contributed by atoms with E-state index >= 15 is 0 Å². The van der Waals surface area contributed by atoms with Crippen LogP contribution in [-0.2, 0) is 15.0 Å². The fourth-order valence-electron chi connectivity index (χ4n) is 3.49. The number of carbonyl (C=O) groups is 1. The fraction of sp³-hybridized carbons (Fsp3) is 0.938. The third-order valence-corrected chi connectivity index (χ3v) is 6.82. The molecule has 7 nitrogen and oxygen atoms in total. The lowest BCUT2D eigenvalue weighted by Gasteiger charge is -2.39. The van der Waals surface area contributed by atoms with Gasteiger partial charge in [-0.3, -0.25) is 9.69 Å². The first kappa shape index (κ1) is 19.6. The van der Waals surface area contributed by atoms with Gasteiger partial charge in [0, 0.05) is 58.3 Å². The summed E-state index contributed by atoms with van der Waals surface area (Å²) in [5.74, 6) is 0.308. The van der Waals surface area contributed by atoms with Gasteiger partial charge in [0.25, 0.3) is 10.2 Å². The summed E-state index contributed by atoms with van der Waals surface area (Å²) >= 11 is 0. The first-order valence-corrected chi connectivity index (χ1v) is 10.4. The quantitative estimate of drug-likeness (QED) is 0.775. The molecule has 0 bridgehead atoms. The Balaban J connectivity index is 1.79. The molecule has 2 fully saturated rings. The third kappa shape index (κ3) is 4.91. The Morgan fingerprint density at radius 3 is 2.04 bits per heavy atom. The Bertz CT molecular complexity index is 519. The van der Waals surface area contributed by atoms with Crippen LogP contribution < -0.4 is 4.72 Å². The first-order valence-electron chi connectivity index (χ1n) is 8.93. The molecule has 0 radical (unpaired) electrons. The van der Waals surface area contributed by atoms with Gasteiger partial charge in [0.2, 0.25) is 5.91 Å². The minimum atomic E-state index is -3.39. The molecule has 1 amide bonds. The highest BCUT2D eigenvalue weighted by molar-refractivity contribution is 7.87. The number of carbonyl (C=O) groups excluding carboxylic acids is 1. The molecular formula is C16H32N4O3S. The van der Waals surface area contributed by atoms with Crippen LogP contribution in [0.1, 0.15) is 39.5 Å². The summed E-state index contributed by atoms with van der Waals surface area (Å²) in [5, 5.41) is 0. The molecule has 2 rings (SSSR count). The third-order valence-electron chi connectivity index (χ3n) is 5.23. The van der Waals surface area contributed by atoms with Crippen LogP contribution in [0, 0.1) is 5.92 Å². The van der Waals surface area contributed by atoms with Crippen molar-refractivity contribution in [1.82, 2.24) is 18.8 Å². The molecule has 0 aromatic heterocycles. The molecule has 0 aromatic rings. The van der Waals surface area contributed by atoms with Crippen molar-refractivity contribution in [2.45, 2.75) is 51.6 Å². The molecule has 0 unspecified atom stereocenters. The van der Waals surface area contributed by atoms with Gasteiger partial charge < -0.3 is 4.90 Å². The number of nitrogens with zero attached hydrogens (tertiary/aromatic N) is 3. The Morgan fingerprint density at radius 2 is 1.58 bits per heavy atom. The van der Waals surface area contributed by atoms with E-state index in [4.69, 9.17) is 0 Å². The van der Waals surface area contributed by atoms with E-state index in [1.54, 1.807) is 0 Å². The summed E-state index contributed by atoms with van der Waals surface area (Å²) in [6.45, 7) is 7.89. The Kier molecular flexibility index (Phi) is 6.64. The van der Waals surface area contributed by atoms with Gasteiger partial charge in [-0.15, -0.1) is 0 Å². The second-order valence-corrected chi connectivity index (χ2v) is 9.32. The lowest BCUT2D eigenvalue weighted by Crippen LogP contribution is -2.52. The highest BCUT2D eigenvalue weighted by atomic mass is 32.2. The van der Waals surface area contributed by atoms with Crippen molar-refractivity contribution in [1.29, 1.82) is 0 Å². The number of nitrogens with one attached hydrogen (secondary N) is 1. The van der Waals surface area contributed by atoms with Gasteiger partial charge in [0.05, 0.1) is 0 Å². The molecule has 1 saturated heterocycles. The van der Waals surface area contributed by atoms with Gasteiger partial charge in [-0.25, -0.2) is 0 Å². The molecule has 1 saturated carbocycles. The lowest BCUT2D eigenvalue weighted by atomic mass is 9.85. The minimum absolute atomic E-state index is 0.0516. The summed E-state index contributed by atoms with van der Waals surface area (Å²) < 4.78 is 27.7. The number of rotatable bonds is 5. The Morgan fingerprint density at radius 1 is 1.04 bits per heavy atom. The average Bonchev–Trinajstić information content (AvgIpc) is 2.54. The van der Waals surface area contributed by atoms with E-state index in [0.29, 0.717) is 6.04 Å². The SMILES string of the molecule is CC(C)N1CCN(C(=O)C2CCC(NS(=O)(=O)N(C)C)CC2)CC1. The highest BCUT2D eigenvalue weighted by Gasteiger charge is 2.32. The van der Waals surface area contributed by atoms with E-state index in [2.05, 4.69) is 23.5 Å². The number of hydrogen-bond donors (Lipinski definition) is 1. The topological polar surface area (TPSA) is 73.0 Å². The summed E-state index contributed by atoms with van der Waals surface area (Å²) in [6.07, 6.45) is 3.00. The van der Waals surface area contributed by atoms with E-state index < -0.39 is 10.2 Å². The van der Waals surface area contributed by atoms with Gasteiger partial charge in [0.15, 0.2) is 0 Å². The van der Waals surface area contributed by atoms with Crippen molar-refractivity contribution < 1.29 is 13.2 Å². The van der Waals surface area contributed by atoms with E-state index in [1.165, 1.54) is 18.4 Å². The van der Waals surface area contributed by atoms with Crippen LogP contribution in [0.5, 0.6) is 0 Å². The average molecular weight is 361 g/mol. The zero-order chi connectivity index (χ0) is 17.9. The highest BCUT2D eigenvalue weighted by Crippen LogP contribution is 2.27.